The Kier molecular flexibility index (Phi) is 5.79. The molecule has 218 valence electrons. The third kappa shape index (κ3) is 3.71. The molecule has 9 rings (SSSR count). The van der Waals surface area contributed by atoms with Gasteiger partial charge in [0.15, 0.2) is 5.82 Å². The second-order valence-electron chi connectivity index (χ2n) is 13.0. The van der Waals surface area contributed by atoms with Crippen molar-refractivity contribution in [3.8, 4) is 45.0 Å². The Balaban J connectivity index is 1.31. The van der Waals surface area contributed by atoms with E-state index in [1.807, 2.05) is 24.3 Å². The van der Waals surface area contributed by atoms with Gasteiger partial charge in [0.05, 0.1) is 16.8 Å². The molecule has 46 heavy (non-hydrogen) atoms. The van der Waals surface area contributed by atoms with Crippen LogP contribution in [0.1, 0.15) is 47.2 Å². The van der Waals surface area contributed by atoms with E-state index < -0.39 is 5.41 Å². The van der Waals surface area contributed by atoms with Gasteiger partial charge in [0.2, 0.25) is 0 Å². The lowest BCUT2D eigenvalue weighted by Gasteiger charge is -2.46. The van der Waals surface area contributed by atoms with Gasteiger partial charge < -0.3 is 0 Å². The normalized spacial score (nSPS) is 14.7. The van der Waals surface area contributed by atoms with E-state index in [2.05, 4.69) is 147 Å². The molecule has 0 aliphatic heterocycles. The minimum Gasteiger partial charge on any atom is -0.228 e. The average Bonchev–Trinajstić information content (AvgIpc) is 3.42. The van der Waals surface area contributed by atoms with E-state index in [4.69, 9.17) is 9.97 Å². The predicted molar refractivity (Wildman–Crippen MR) is 188 cm³/mol. The summed E-state index contributed by atoms with van der Waals surface area (Å²) in [5.41, 5.74) is 15.2. The Labute approximate surface area is 270 Å². The lowest BCUT2D eigenvalue weighted by Crippen LogP contribution is -2.40. The minimum absolute atomic E-state index is 0.112. The largest absolute Gasteiger partial charge is 0.228 e. The summed E-state index contributed by atoms with van der Waals surface area (Å²) in [5.74, 6) is 0.728. The molecule has 0 saturated heterocycles. The molecule has 7 aromatic rings. The highest BCUT2D eigenvalue weighted by molar-refractivity contribution is 5.90. The van der Waals surface area contributed by atoms with Crippen LogP contribution in [-0.4, -0.2) is 9.97 Å². The lowest BCUT2D eigenvalue weighted by molar-refractivity contribution is 0.563. The van der Waals surface area contributed by atoms with Crippen LogP contribution in [0.15, 0.2) is 158 Å². The molecular formula is C44H32N2. The van der Waals surface area contributed by atoms with Crippen molar-refractivity contribution in [2.24, 2.45) is 0 Å². The van der Waals surface area contributed by atoms with E-state index in [1.165, 1.54) is 44.5 Å². The molecule has 0 atom stereocenters. The second kappa shape index (κ2) is 9.95. The second-order valence-corrected chi connectivity index (χ2v) is 13.0. The van der Waals surface area contributed by atoms with Crippen LogP contribution >= 0.6 is 0 Å². The minimum atomic E-state index is -0.400. The maximum absolute atomic E-state index is 5.16. The third-order valence-electron chi connectivity index (χ3n) is 10.2. The molecular weight excluding hydrogens is 556 g/mol. The first-order chi connectivity index (χ1) is 22.6. The first-order valence-corrected chi connectivity index (χ1v) is 16.0. The molecule has 2 heteroatoms. The van der Waals surface area contributed by atoms with Crippen molar-refractivity contribution in [3.63, 3.8) is 0 Å². The molecule has 2 aliphatic rings. The van der Waals surface area contributed by atoms with E-state index in [0.717, 1.165) is 33.9 Å². The van der Waals surface area contributed by atoms with Gasteiger partial charge in [-0.2, -0.15) is 0 Å². The van der Waals surface area contributed by atoms with Gasteiger partial charge in [0.1, 0.15) is 0 Å². The zero-order chi connectivity index (χ0) is 30.9. The fraction of sp³-hybridized carbons (Fsp3) is 0.0909. The fourth-order valence-electron chi connectivity index (χ4n) is 8.09. The van der Waals surface area contributed by atoms with Gasteiger partial charge in [-0.15, -0.1) is 0 Å². The zero-order valence-electron chi connectivity index (χ0n) is 25.9. The molecule has 0 saturated carbocycles. The van der Waals surface area contributed by atoms with Crippen LogP contribution in [0.25, 0.3) is 45.0 Å². The lowest BCUT2D eigenvalue weighted by atomic mass is 9.55. The quantitative estimate of drug-likeness (QED) is 0.205. The summed E-state index contributed by atoms with van der Waals surface area (Å²) in [6.45, 7) is 4.73. The van der Waals surface area contributed by atoms with Crippen LogP contribution < -0.4 is 0 Å². The molecule has 1 spiro atoms. The highest BCUT2D eigenvalue weighted by Gasteiger charge is 2.53. The first kappa shape index (κ1) is 26.8. The van der Waals surface area contributed by atoms with Gasteiger partial charge in [-0.3, -0.25) is 0 Å². The van der Waals surface area contributed by atoms with Gasteiger partial charge in [0.25, 0.3) is 0 Å². The number of fused-ring (bicyclic) bond motifs is 9. The molecule has 0 bridgehead atoms. The van der Waals surface area contributed by atoms with Gasteiger partial charge in [-0.05, 0) is 56.6 Å². The average molecular weight is 589 g/mol. The number of rotatable bonds is 3. The number of hydrogen-bond acceptors (Lipinski definition) is 2. The van der Waals surface area contributed by atoms with E-state index in [1.54, 1.807) is 0 Å². The molecule has 2 aliphatic carbocycles. The van der Waals surface area contributed by atoms with Crippen molar-refractivity contribution >= 4 is 0 Å². The molecule has 1 aromatic heterocycles. The molecule has 0 radical (unpaired) electrons. The highest BCUT2D eigenvalue weighted by Crippen LogP contribution is 2.62. The number of aromatic nitrogens is 2. The van der Waals surface area contributed by atoms with Crippen molar-refractivity contribution < 1.29 is 0 Å². The summed E-state index contributed by atoms with van der Waals surface area (Å²) in [4.78, 5) is 10.2. The van der Waals surface area contributed by atoms with Crippen LogP contribution in [0.2, 0.25) is 0 Å². The number of nitrogens with zero attached hydrogens (tertiary/aromatic N) is 2. The molecule has 0 unspecified atom stereocenters. The summed E-state index contributed by atoms with van der Waals surface area (Å²) in [5, 5.41) is 0. The van der Waals surface area contributed by atoms with Gasteiger partial charge in [-0.25, -0.2) is 9.97 Å². The number of hydrogen-bond donors (Lipinski definition) is 0. The monoisotopic (exact) mass is 588 g/mol. The topological polar surface area (TPSA) is 25.8 Å². The van der Waals surface area contributed by atoms with Gasteiger partial charge >= 0.3 is 0 Å². The summed E-state index contributed by atoms with van der Waals surface area (Å²) < 4.78 is 0. The molecule has 0 amide bonds. The Morgan fingerprint density at radius 3 is 1.48 bits per heavy atom. The SMILES string of the molecule is CC1(C)c2ccccc2C2(c3ccccc3-c3cc(-c4cc(-c5ccccc5)nc(-c5ccccc5)n4)ccc32)c2ccccc21. The molecule has 1 heterocycles. The van der Waals surface area contributed by atoms with Crippen LogP contribution in [0.3, 0.4) is 0 Å². The van der Waals surface area contributed by atoms with E-state index in [9.17, 15) is 0 Å². The molecule has 0 N–H and O–H groups in total. The van der Waals surface area contributed by atoms with Crippen LogP contribution in [0.5, 0.6) is 0 Å². The van der Waals surface area contributed by atoms with Crippen LogP contribution in [-0.2, 0) is 10.8 Å². The Morgan fingerprint density at radius 1 is 0.370 bits per heavy atom. The van der Waals surface area contributed by atoms with Gasteiger partial charge in [-0.1, -0.05) is 159 Å². The summed E-state index contributed by atoms with van der Waals surface area (Å²) >= 11 is 0. The summed E-state index contributed by atoms with van der Waals surface area (Å²) in [6.07, 6.45) is 0. The van der Waals surface area contributed by atoms with Crippen LogP contribution in [0, 0.1) is 0 Å². The third-order valence-corrected chi connectivity index (χ3v) is 10.2. The van der Waals surface area contributed by atoms with Crippen molar-refractivity contribution in [2.75, 3.05) is 0 Å². The standard InChI is InChI=1S/C44H32N2/c1-43(2)36-21-11-13-23-38(36)44(39-24-14-12-22-37(39)43)34-20-10-9-19-32(34)33-27-31(25-26-35(33)44)41-28-40(29-15-5-3-6-16-29)45-42(46-41)30-17-7-4-8-18-30/h3-28H,1-2H3. The maximum atomic E-state index is 5.16. The van der Waals surface area contributed by atoms with Crippen LogP contribution in [0.4, 0.5) is 0 Å². The highest BCUT2D eigenvalue weighted by atomic mass is 14.9. The van der Waals surface area contributed by atoms with E-state index in [0.29, 0.717) is 0 Å². The smallest absolute Gasteiger partial charge is 0.160 e. The summed E-state index contributed by atoms with van der Waals surface area (Å²) in [7, 11) is 0. The predicted octanol–water partition coefficient (Wildman–Crippen LogP) is 10.5. The fourth-order valence-corrected chi connectivity index (χ4v) is 8.09. The van der Waals surface area contributed by atoms with Crippen molar-refractivity contribution in [3.05, 3.63) is 191 Å². The number of benzene rings is 6. The summed E-state index contributed by atoms with van der Waals surface area (Å²) in [6, 6.07) is 57.0. The van der Waals surface area contributed by atoms with Crippen molar-refractivity contribution in [1.82, 2.24) is 9.97 Å². The Hall–Kier alpha value is -5.60. The maximum Gasteiger partial charge on any atom is 0.160 e. The Bertz CT molecular complexity index is 2170. The molecule has 2 nitrogen and oxygen atoms in total. The van der Waals surface area contributed by atoms with Crippen molar-refractivity contribution in [2.45, 2.75) is 24.7 Å². The molecule has 0 fully saturated rings. The first-order valence-electron chi connectivity index (χ1n) is 16.0. The van der Waals surface area contributed by atoms with E-state index in [-0.39, 0.29) is 5.41 Å². The zero-order valence-corrected chi connectivity index (χ0v) is 25.9. The van der Waals surface area contributed by atoms with Crippen molar-refractivity contribution in [1.29, 1.82) is 0 Å². The Morgan fingerprint density at radius 2 is 0.848 bits per heavy atom. The van der Waals surface area contributed by atoms with E-state index >= 15 is 0 Å². The molecule has 6 aromatic carbocycles. The van der Waals surface area contributed by atoms with Gasteiger partial charge in [0, 0.05) is 22.1 Å².